The smallest absolute Gasteiger partial charge is 0.344 e. The monoisotopic (exact) mass is 420 g/mol. The molecule has 1 aromatic heterocycles. The van der Waals surface area contributed by atoms with Gasteiger partial charge in [-0.25, -0.2) is 4.79 Å². The van der Waals surface area contributed by atoms with E-state index in [1.165, 1.54) is 0 Å². The van der Waals surface area contributed by atoms with E-state index in [1.54, 1.807) is 79.9 Å². The molecule has 150 valence electrons. The van der Waals surface area contributed by atoms with E-state index in [4.69, 9.17) is 25.5 Å². The Bertz CT molecular complexity index is 1260. The summed E-state index contributed by atoms with van der Waals surface area (Å²) in [6.07, 6.45) is 0. The molecule has 0 aliphatic heterocycles. The highest BCUT2D eigenvalue weighted by atomic mass is 35.5. The number of Topliss-reactive ketones (excluding diaryl/α,β-unsaturated/α-hetero) is 1. The van der Waals surface area contributed by atoms with Gasteiger partial charge in [0.2, 0.25) is 0 Å². The first kappa shape index (κ1) is 19.7. The number of methoxy groups -OCH3 is 1. The first-order valence-corrected chi connectivity index (χ1v) is 9.55. The van der Waals surface area contributed by atoms with Crippen LogP contribution >= 0.6 is 11.6 Å². The predicted octanol–water partition coefficient (Wildman–Crippen LogP) is 5.38. The van der Waals surface area contributed by atoms with E-state index >= 15 is 0 Å². The van der Waals surface area contributed by atoms with E-state index in [-0.39, 0.29) is 12.4 Å². The van der Waals surface area contributed by atoms with Crippen LogP contribution in [0.15, 0.2) is 82.0 Å². The third-order valence-corrected chi connectivity index (χ3v) is 4.90. The number of halogens is 1. The van der Waals surface area contributed by atoms with Crippen LogP contribution < -0.4 is 15.1 Å². The van der Waals surface area contributed by atoms with Crippen molar-refractivity contribution in [2.75, 3.05) is 13.7 Å². The van der Waals surface area contributed by atoms with Crippen LogP contribution in [0.4, 0.5) is 0 Å². The lowest BCUT2D eigenvalue weighted by atomic mass is 10.1. The van der Waals surface area contributed by atoms with Gasteiger partial charge in [0, 0.05) is 22.0 Å². The van der Waals surface area contributed by atoms with E-state index in [1.807, 2.05) is 0 Å². The van der Waals surface area contributed by atoms with E-state index < -0.39 is 5.63 Å². The fourth-order valence-corrected chi connectivity index (χ4v) is 3.15. The maximum Gasteiger partial charge on any atom is 0.344 e. The van der Waals surface area contributed by atoms with Gasteiger partial charge in [-0.3, -0.25) is 4.79 Å². The maximum absolute atomic E-state index is 12.4. The lowest BCUT2D eigenvalue weighted by Crippen LogP contribution is -2.11. The Hall–Kier alpha value is -3.57. The highest BCUT2D eigenvalue weighted by molar-refractivity contribution is 6.30. The first-order chi connectivity index (χ1) is 14.5. The van der Waals surface area contributed by atoms with Gasteiger partial charge in [-0.05, 0) is 60.2 Å². The Balaban J connectivity index is 1.53. The van der Waals surface area contributed by atoms with E-state index in [2.05, 4.69) is 0 Å². The molecular weight excluding hydrogens is 404 g/mol. The molecule has 0 aliphatic rings. The number of hydrogen-bond acceptors (Lipinski definition) is 5. The zero-order valence-corrected chi connectivity index (χ0v) is 16.8. The lowest BCUT2D eigenvalue weighted by Gasteiger charge is -2.08. The third-order valence-electron chi connectivity index (χ3n) is 4.64. The van der Waals surface area contributed by atoms with Crippen molar-refractivity contribution >= 4 is 28.4 Å². The van der Waals surface area contributed by atoms with Gasteiger partial charge in [0.1, 0.15) is 17.1 Å². The fraction of sp³-hybridized carbons (Fsp3) is 0.0833. The molecule has 0 unspecified atom stereocenters. The van der Waals surface area contributed by atoms with Crippen molar-refractivity contribution in [2.24, 2.45) is 0 Å². The molecule has 0 amide bonds. The summed E-state index contributed by atoms with van der Waals surface area (Å²) < 4.78 is 16.2. The summed E-state index contributed by atoms with van der Waals surface area (Å²) in [5.41, 5.74) is 1.61. The molecule has 0 saturated carbocycles. The number of carbonyl (C=O) groups is 1. The SMILES string of the molecule is COc1ccc(C(=O)COc2ccc3cc(-c4ccc(Cl)cc4)c(=O)oc3c2)cc1. The summed E-state index contributed by atoms with van der Waals surface area (Å²) in [6.45, 7) is -0.134. The Morgan fingerprint density at radius 1 is 0.933 bits per heavy atom. The van der Waals surface area contributed by atoms with Crippen molar-refractivity contribution in [1.29, 1.82) is 0 Å². The summed E-state index contributed by atoms with van der Waals surface area (Å²) in [6, 6.07) is 20.7. The zero-order chi connectivity index (χ0) is 21.1. The molecule has 30 heavy (non-hydrogen) atoms. The largest absolute Gasteiger partial charge is 0.497 e. The minimum atomic E-state index is -0.462. The molecule has 0 spiro atoms. The van der Waals surface area contributed by atoms with Crippen molar-refractivity contribution in [3.63, 3.8) is 0 Å². The predicted molar refractivity (Wildman–Crippen MR) is 116 cm³/mol. The van der Waals surface area contributed by atoms with Crippen molar-refractivity contribution in [2.45, 2.75) is 0 Å². The minimum absolute atomic E-state index is 0.134. The van der Waals surface area contributed by atoms with Crippen molar-refractivity contribution in [3.8, 4) is 22.6 Å². The maximum atomic E-state index is 12.4. The standard InChI is InChI=1S/C24H17ClO5/c1-28-19-9-4-16(5-10-19)22(26)14-29-20-11-6-17-12-21(24(27)30-23(17)13-20)15-2-7-18(25)8-3-15/h2-13H,14H2,1H3. The molecule has 6 heteroatoms. The van der Waals surface area contributed by atoms with E-state index in [0.717, 1.165) is 10.9 Å². The molecule has 0 radical (unpaired) electrons. The number of rotatable bonds is 6. The number of benzene rings is 3. The van der Waals surface area contributed by atoms with Gasteiger partial charge in [-0.15, -0.1) is 0 Å². The molecule has 0 saturated heterocycles. The number of ether oxygens (including phenoxy) is 2. The van der Waals surface area contributed by atoms with Crippen molar-refractivity contribution in [1.82, 2.24) is 0 Å². The fourth-order valence-electron chi connectivity index (χ4n) is 3.02. The summed E-state index contributed by atoms with van der Waals surface area (Å²) in [4.78, 5) is 24.7. The Labute approximate surface area is 177 Å². The lowest BCUT2D eigenvalue weighted by molar-refractivity contribution is 0.0921. The Kier molecular flexibility index (Phi) is 5.55. The second-order valence-corrected chi connectivity index (χ2v) is 7.03. The molecule has 1 heterocycles. The van der Waals surface area contributed by atoms with Gasteiger partial charge in [0.25, 0.3) is 0 Å². The molecule has 4 aromatic rings. The van der Waals surface area contributed by atoms with Crippen LogP contribution in [0.2, 0.25) is 5.02 Å². The van der Waals surface area contributed by atoms with E-state index in [9.17, 15) is 9.59 Å². The molecule has 0 fully saturated rings. The second-order valence-electron chi connectivity index (χ2n) is 6.59. The van der Waals surface area contributed by atoms with Gasteiger partial charge in [0.05, 0.1) is 12.7 Å². The summed E-state index contributed by atoms with van der Waals surface area (Å²) in [7, 11) is 1.57. The summed E-state index contributed by atoms with van der Waals surface area (Å²) >= 11 is 5.91. The minimum Gasteiger partial charge on any atom is -0.497 e. The van der Waals surface area contributed by atoms with Gasteiger partial charge >= 0.3 is 5.63 Å². The topological polar surface area (TPSA) is 65.7 Å². The summed E-state index contributed by atoms with van der Waals surface area (Å²) in [5, 5.41) is 1.34. The molecular formula is C24H17ClO5. The van der Waals surface area contributed by atoms with Gasteiger partial charge in [-0.2, -0.15) is 0 Å². The Morgan fingerprint density at radius 2 is 1.63 bits per heavy atom. The molecule has 0 bridgehead atoms. The van der Waals surface area contributed by atoms with Crippen LogP contribution in [-0.4, -0.2) is 19.5 Å². The molecule has 4 rings (SSSR count). The third kappa shape index (κ3) is 4.21. The quantitative estimate of drug-likeness (QED) is 0.309. The van der Waals surface area contributed by atoms with Crippen LogP contribution in [0.3, 0.4) is 0 Å². The highest BCUT2D eigenvalue weighted by Crippen LogP contribution is 2.25. The van der Waals surface area contributed by atoms with Gasteiger partial charge < -0.3 is 13.9 Å². The van der Waals surface area contributed by atoms with Crippen molar-refractivity contribution in [3.05, 3.63) is 93.8 Å². The average Bonchev–Trinajstić information content (AvgIpc) is 2.77. The molecule has 0 atom stereocenters. The van der Waals surface area contributed by atoms with Crippen LogP contribution in [0.1, 0.15) is 10.4 Å². The summed E-state index contributed by atoms with van der Waals surface area (Å²) in [5.74, 6) is 0.944. The first-order valence-electron chi connectivity index (χ1n) is 9.17. The molecule has 0 aliphatic carbocycles. The zero-order valence-electron chi connectivity index (χ0n) is 16.1. The van der Waals surface area contributed by atoms with Crippen LogP contribution in [0.25, 0.3) is 22.1 Å². The average molecular weight is 421 g/mol. The number of ketones is 1. The van der Waals surface area contributed by atoms with Crippen LogP contribution in [0, 0.1) is 0 Å². The van der Waals surface area contributed by atoms with Gasteiger partial charge in [0.15, 0.2) is 12.4 Å². The van der Waals surface area contributed by atoms with Crippen LogP contribution in [-0.2, 0) is 0 Å². The van der Waals surface area contributed by atoms with Gasteiger partial charge in [-0.1, -0.05) is 23.7 Å². The Morgan fingerprint density at radius 3 is 2.33 bits per heavy atom. The van der Waals surface area contributed by atoms with E-state index in [0.29, 0.717) is 33.2 Å². The number of hydrogen-bond donors (Lipinski definition) is 0. The number of fused-ring (bicyclic) bond motifs is 1. The molecule has 3 aromatic carbocycles. The highest BCUT2D eigenvalue weighted by Gasteiger charge is 2.11. The number of carbonyl (C=O) groups excluding carboxylic acids is 1. The second kappa shape index (κ2) is 8.43. The normalized spacial score (nSPS) is 10.7. The van der Waals surface area contributed by atoms with Crippen LogP contribution in [0.5, 0.6) is 11.5 Å². The van der Waals surface area contributed by atoms with Crippen molar-refractivity contribution < 1.29 is 18.7 Å². The molecule has 5 nitrogen and oxygen atoms in total. The molecule has 0 N–H and O–H groups in total.